The van der Waals surface area contributed by atoms with Gasteiger partial charge in [-0.1, -0.05) is 31.9 Å². The molecular weight excluding hydrogens is 307 g/mol. The first-order valence-electron chi connectivity index (χ1n) is 3.37. The van der Waals surface area contributed by atoms with Crippen LogP contribution < -0.4 is 4.74 Å². The van der Waals surface area contributed by atoms with Gasteiger partial charge < -0.3 is 4.74 Å². The second-order valence-electron chi connectivity index (χ2n) is 2.14. The fourth-order valence-electron chi connectivity index (χ4n) is 0.768. The number of hydrogen-bond donors (Lipinski definition) is 0. The number of hydrogen-bond acceptors (Lipinski definition) is 1. The van der Waals surface area contributed by atoms with Crippen LogP contribution in [0.5, 0.6) is 5.75 Å². The van der Waals surface area contributed by atoms with E-state index in [0.717, 1.165) is 14.7 Å². The summed E-state index contributed by atoms with van der Waals surface area (Å²) in [6.07, 6.45) is 0. The van der Waals surface area contributed by atoms with Crippen LogP contribution in [0.4, 0.5) is 0 Å². The molecule has 0 saturated heterocycles. The summed E-state index contributed by atoms with van der Waals surface area (Å²) in [7, 11) is 0. The molecule has 0 bridgehead atoms. The number of benzene rings is 1. The maximum atomic E-state index is 5.48. The summed E-state index contributed by atoms with van der Waals surface area (Å²) in [6, 6.07) is 5.75. The minimum atomic E-state index is 0.504. The molecule has 1 aromatic rings. The van der Waals surface area contributed by atoms with Gasteiger partial charge in [-0.2, -0.15) is 0 Å². The van der Waals surface area contributed by atoms with Gasteiger partial charge in [-0.3, -0.25) is 0 Å². The Kier molecular flexibility index (Phi) is 4.40. The molecule has 0 fully saturated rings. The van der Waals surface area contributed by atoms with E-state index >= 15 is 0 Å². The van der Waals surface area contributed by atoms with Gasteiger partial charge in [0.05, 0.1) is 5.88 Å². The molecule has 1 aromatic carbocycles. The lowest BCUT2D eigenvalue weighted by Gasteiger charge is -2.04. The Morgan fingerprint density at radius 3 is 2.25 bits per heavy atom. The molecule has 0 aliphatic rings. The Labute approximate surface area is 93.3 Å². The molecule has 0 aliphatic carbocycles. The second-order valence-corrected chi connectivity index (χ2v) is 4.35. The van der Waals surface area contributed by atoms with E-state index in [1.165, 1.54) is 0 Å². The molecule has 4 heteroatoms. The Hall–Kier alpha value is 0.270. The topological polar surface area (TPSA) is 9.23 Å². The number of alkyl halides is 1. The minimum absolute atomic E-state index is 0.504. The molecule has 0 atom stereocenters. The predicted octanol–water partition coefficient (Wildman–Crippen LogP) is 3.83. The van der Waals surface area contributed by atoms with E-state index in [0.29, 0.717) is 12.5 Å². The van der Waals surface area contributed by atoms with Crippen LogP contribution >= 0.6 is 43.5 Å². The van der Waals surface area contributed by atoms with Gasteiger partial charge in [0.2, 0.25) is 0 Å². The fourth-order valence-corrected chi connectivity index (χ4v) is 2.10. The van der Waals surface area contributed by atoms with Gasteiger partial charge in [-0.05, 0) is 18.2 Å². The van der Waals surface area contributed by atoms with E-state index in [-0.39, 0.29) is 0 Å². The van der Waals surface area contributed by atoms with Crippen LogP contribution in [0.25, 0.3) is 0 Å². The maximum absolute atomic E-state index is 5.48. The summed E-state index contributed by atoms with van der Waals surface area (Å²) < 4.78 is 7.30. The molecule has 0 heterocycles. The van der Waals surface area contributed by atoms with Crippen LogP contribution in [0.1, 0.15) is 0 Å². The van der Waals surface area contributed by atoms with Crippen molar-refractivity contribution in [2.24, 2.45) is 0 Å². The first-order chi connectivity index (χ1) is 5.72. The highest BCUT2D eigenvalue weighted by Gasteiger charge is 1.97. The number of halogens is 3. The fraction of sp³-hybridized carbons (Fsp3) is 0.250. The zero-order valence-corrected chi connectivity index (χ0v) is 10.1. The lowest BCUT2D eigenvalue weighted by Crippen LogP contribution is -1.97. The molecule has 0 spiro atoms. The highest BCUT2D eigenvalue weighted by atomic mass is 79.9. The van der Waals surface area contributed by atoms with E-state index in [2.05, 4.69) is 31.9 Å². The molecule has 0 aliphatic heterocycles. The van der Waals surface area contributed by atoms with Crippen molar-refractivity contribution in [3.8, 4) is 5.75 Å². The zero-order chi connectivity index (χ0) is 8.97. The van der Waals surface area contributed by atoms with Crippen LogP contribution in [0.15, 0.2) is 27.1 Å². The zero-order valence-electron chi connectivity index (χ0n) is 6.19. The monoisotopic (exact) mass is 312 g/mol. The molecule has 0 amide bonds. The Morgan fingerprint density at radius 2 is 1.75 bits per heavy atom. The Morgan fingerprint density at radius 1 is 1.17 bits per heavy atom. The van der Waals surface area contributed by atoms with E-state index in [1.807, 2.05) is 18.2 Å². The van der Waals surface area contributed by atoms with Gasteiger partial charge in [0.1, 0.15) is 12.4 Å². The molecule has 0 saturated carbocycles. The van der Waals surface area contributed by atoms with Crippen LogP contribution in [0.3, 0.4) is 0 Å². The lowest BCUT2D eigenvalue weighted by molar-refractivity contribution is 0.342. The van der Waals surface area contributed by atoms with Gasteiger partial charge in [-0.25, -0.2) is 0 Å². The third-order valence-corrected chi connectivity index (χ3v) is 2.25. The summed E-state index contributed by atoms with van der Waals surface area (Å²) in [5, 5.41) is 0. The van der Waals surface area contributed by atoms with Gasteiger partial charge in [0.15, 0.2) is 0 Å². The van der Waals surface area contributed by atoms with E-state index in [9.17, 15) is 0 Å². The van der Waals surface area contributed by atoms with Crippen molar-refractivity contribution in [1.82, 2.24) is 0 Å². The van der Waals surface area contributed by atoms with Crippen LogP contribution in [-0.4, -0.2) is 12.5 Å². The summed E-state index contributed by atoms with van der Waals surface area (Å²) in [5.74, 6) is 1.32. The van der Waals surface area contributed by atoms with Crippen molar-refractivity contribution in [3.63, 3.8) is 0 Å². The first kappa shape index (κ1) is 10.4. The summed E-state index contributed by atoms with van der Waals surface area (Å²) in [6.45, 7) is 0.532. The molecule has 12 heavy (non-hydrogen) atoms. The summed E-state index contributed by atoms with van der Waals surface area (Å²) in [4.78, 5) is 0. The second kappa shape index (κ2) is 5.10. The van der Waals surface area contributed by atoms with Crippen LogP contribution in [0.2, 0.25) is 0 Å². The molecule has 66 valence electrons. The Bertz CT molecular complexity index is 245. The number of rotatable bonds is 3. The standard InChI is InChI=1S/C8H7Br2ClO/c9-6-3-7(10)5-8(4-6)12-2-1-11/h3-5H,1-2H2. The maximum Gasteiger partial charge on any atom is 0.121 e. The van der Waals surface area contributed by atoms with Crippen molar-refractivity contribution in [2.45, 2.75) is 0 Å². The van der Waals surface area contributed by atoms with E-state index in [4.69, 9.17) is 16.3 Å². The minimum Gasteiger partial charge on any atom is -0.492 e. The van der Waals surface area contributed by atoms with Gasteiger partial charge >= 0.3 is 0 Å². The summed E-state index contributed by atoms with van der Waals surface area (Å²) >= 11 is 12.2. The van der Waals surface area contributed by atoms with Crippen molar-refractivity contribution in [3.05, 3.63) is 27.1 Å². The van der Waals surface area contributed by atoms with E-state index < -0.39 is 0 Å². The van der Waals surface area contributed by atoms with Gasteiger partial charge in [0.25, 0.3) is 0 Å². The average molecular weight is 314 g/mol. The number of ether oxygens (including phenoxy) is 1. The van der Waals surface area contributed by atoms with Crippen molar-refractivity contribution >= 4 is 43.5 Å². The largest absolute Gasteiger partial charge is 0.492 e. The SMILES string of the molecule is ClCCOc1cc(Br)cc(Br)c1. The average Bonchev–Trinajstić information content (AvgIpc) is 1.99. The van der Waals surface area contributed by atoms with Gasteiger partial charge in [-0.15, -0.1) is 11.6 Å². The van der Waals surface area contributed by atoms with Crippen molar-refractivity contribution in [1.29, 1.82) is 0 Å². The predicted molar refractivity (Wildman–Crippen MR) is 58.1 cm³/mol. The van der Waals surface area contributed by atoms with Gasteiger partial charge in [0, 0.05) is 8.95 Å². The third kappa shape index (κ3) is 3.33. The van der Waals surface area contributed by atoms with E-state index in [1.54, 1.807) is 0 Å². The van der Waals surface area contributed by atoms with Crippen LogP contribution in [0, 0.1) is 0 Å². The molecular formula is C8H7Br2ClO. The lowest BCUT2D eigenvalue weighted by atomic mass is 10.3. The first-order valence-corrected chi connectivity index (χ1v) is 5.49. The normalized spacial score (nSPS) is 9.92. The molecule has 0 N–H and O–H groups in total. The molecule has 1 nitrogen and oxygen atoms in total. The van der Waals surface area contributed by atoms with Crippen molar-refractivity contribution in [2.75, 3.05) is 12.5 Å². The molecule has 0 aromatic heterocycles. The van der Waals surface area contributed by atoms with Crippen LogP contribution in [-0.2, 0) is 0 Å². The Balaban J connectivity index is 2.72. The molecule has 1 rings (SSSR count). The quantitative estimate of drug-likeness (QED) is 0.771. The highest BCUT2D eigenvalue weighted by Crippen LogP contribution is 2.24. The molecule has 0 radical (unpaired) electrons. The molecule has 0 unspecified atom stereocenters. The smallest absolute Gasteiger partial charge is 0.121 e. The highest BCUT2D eigenvalue weighted by molar-refractivity contribution is 9.11. The third-order valence-electron chi connectivity index (χ3n) is 1.18. The summed E-state index contributed by atoms with van der Waals surface area (Å²) in [5.41, 5.74) is 0. The van der Waals surface area contributed by atoms with Crippen molar-refractivity contribution < 1.29 is 4.74 Å².